The number of rotatable bonds is 5. The summed E-state index contributed by atoms with van der Waals surface area (Å²) in [5.41, 5.74) is 1.98. The minimum atomic E-state index is -0.110. The van der Waals surface area contributed by atoms with E-state index in [2.05, 4.69) is 22.3 Å². The number of benzene rings is 1. The lowest BCUT2D eigenvalue weighted by Crippen LogP contribution is -2.40. The van der Waals surface area contributed by atoms with E-state index in [1.807, 2.05) is 12.1 Å². The number of hydrogen-bond donors (Lipinski definition) is 1. The van der Waals surface area contributed by atoms with E-state index in [1.165, 1.54) is 36.8 Å². The van der Waals surface area contributed by atoms with Crippen LogP contribution in [0.25, 0.3) is 0 Å². The number of anilines is 2. The Hall–Kier alpha value is -2.04. The molecule has 0 bridgehead atoms. The maximum absolute atomic E-state index is 12.0. The van der Waals surface area contributed by atoms with Gasteiger partial charge in [-0.3, -0.25) is 9.59 Å². The average molecular weight is 315 g/mol. The molecule has 1 heterocycles. The van der Waals surface area contributed by atoms with Gasteiger partial charge in [0.15, 0.2) is 0 Å². The van der Waals surface area contributed by atoms with E-state index in [1.54, 1.807) is 0 Å². The Kier molecular flexibility index (Phi) is 4.84. The average Bonchev–Trinajstić information content (AvgIpc) is 3.37. The topological polar surface area (TPSA) is 52.7 Å². The van der Waals surface area contributed by atoms with Crippen molar-refractivity contribution in [3.8, 4) is 0 Å². The van der Waals surface area contributed by atoms with E-state index in [0.29, 0.717) is 6.04 Å². The first-order valence-corrected chi connectivity index (χ1v) is 8.56. The van der Waals surface area contributed by atoms with Crippen LogP contribution in [-0.4, -0.2) is 37.5 Å². The lowest BCUT2D eigenvalue weighted by atomic mass is 10.1. The molecule has 2 fully saturated rings. The van der Waals surface area contributed by atoms with Crippen LogP contribution in [-0.2, 0) is 9.59 Å². The van der Waals surface area contributed by atoms with Gasteiger partial charge >= 0.3 is 0 Å². The Bertz CT molecular complexity index is 560. The SMILES string of the molecule is CC(=O)N(CC(=O)NC1CC1)c1ccc(N2CCCCC2)cc1. The van der Waals surface area contributed by atoms with E-state index in [0.717, 1.165) is 31.6 Å². The molecule has 1 aliphatic heterocycles. The van der Waals surface area contributed by atoms with Gasteiger partial charge in [-0.25, -0.2) is 0 Å². The Morgan fingerprint density at radius 2 is 1.78 bits per heavy atom. The third-order valence-electron chi connectivity index (χ3n) is 4.51. The smallest absolute Gasteiger partial charge is 0.240 e. The minimum Gasteiger partial charge on any atom is -0.372 e. The van der Waals surface area contributed by atoms with E-state index in [-0.39, 0.29) is 18.4 Å². The van der Waals surface area contributed by atoms with Gasteiger partial charge in [0.2, 0.25) is 11.8 Å². The molecular weight excluding hydrogens is 290 g/mol. The Labute approximate surface area is 137 Å². The fraction of sp³-hybridized carbons (Fsp3) is 0.556. The van der Waals surface area contributed by atoms with Gasteiger partial charge in [-0.1, -0.05) is 0 Å². The molecule has 5 heteroatoms. The fourth-order valence-electron chi connectivity index (χ4n) is 3.02. The van der Waals surface area contributed by atoms with Crippen LogP contribution in [0.1, 0.15) is 39.0 Å². The summed E-state index contributed by atoms with van der Waals surface area (Å²) >= 11 is 0. The standard InChI is InChI=1S/C18H25N3O2/c1-14(22)21(13-18(23)19-15-5-6-15)17-9-7-16(8-10-17)20-11-3-2-4-12-20/h7-10,15H,2-6,11-13H2,1H3,(H,19,23). The first kappa shape index (κ1) is 15.8. The predicted molar refractivity (Wildman–Crippen MR) is 91.7 cm³/mol. The molecule has 0 atom stereocenters. The van der Waals surface area contributed by atoms with Crippen molar-refractivity contribution < 1.29 is 9.59 Å². The summed E-state index contributed by atoms with van der Waals surface area (Å²) in [4.78, 5) is 27.8. The zero-order valence-electron chi connectivity index (χ0n) is 13.8. The van der Waals surface area contributed by atoms with Gasteiger partial charge in [0.1, 0.15) is 6.54 Å². The van der Waals surface area contributed by atoms with Gasteiger partial charge in [-0.15, -0.1) is 0 Å². The summed E-state index contributed by atoms with van der Waals surface area (Å²) < 4.78 is 0. The van der Waals surface area contributed by atoms with Crippen molar-refractivity contribution in [2.24, 2.45) is 0 Å². The zero-order chi connectivity index (χ0) is 16.2. The van der Waals surface area contributed by atoms with Crippen molar-refractivity contribution in [1.82, 2.24) is 5.32 Å². The Morgan fingerprint density at radius 3 is 2.35 bits per heavy atom. The number of amides is 2. The molecule has 2 aliphatic rings. The van der Waals surface area contributed by atoms with Crippen molar-refractivity contribution >= 4 is 23.2 Å². The molecule has 23 heavy (non-hydrogen) atoms. The molecule has 5 nitrogen and oxygen atoms in total. The molecule has 1 saturated carbocycles. The largest absolute Gasteiger partial charge is 0.372 e. The molecule has 1 saturated heterocycles. The zero-order valence-corrected chi connectivity index (χ0v) is 13.8. The number of hydrogen-bond acceptors (Lipinski definition) is 3. The Balaban J connectivity index is 1.66. The van der Waals surface area contributed by atoms with Gasteiger partial charge in [0.25, 0.3) is 0 Å². The van der Waals surface area contributed by atoms with Crippen molar-refractivity contribution in [3.05, 3.63) is 24.3 Å². The normalized spacial score (nSPS) is 17.7. The molecule has 0 unspecified atom stereocenters. The van der Waals surface area contributed by atoms with E-state index >= 15 is 0 Å². The van der Waals surface area contributed by atoms with E-state index < -0.39 is 0 Å². The quantitative estimate of drug-likeness (QED) is 0.907. The third-order valence-corrected chi connectivity index (χ3v) is 4.51. The Morgan fingerprint density at radius 1 is 1.13 bits per heavy atom. The second kappa shape index (κ2) is 7.02. The highest BCUT2D eigenvalue weighted by Gasteiger charge is 2.25. The summed E-state index contributed by atoms with van der Waals surface area (Å²) in [6, 6.07) is 8.30. The summed E-state index contributed by atoms with van der Waals surface area (Å²) in [6.07, 6.45) is 5.89. The molecule has 3 rings (SSSR count). The number of nitrogens with zero attached hydrogens (tertiary/aromatic N) is 2. The van der Waals surface area contributed by atoms with Gasteiger partial charge in [0, 0.05) is 37.4 Å². The maximum Gasteiger partial charge on any atom is 0.240 e. The number of piperidine rings is 1. The molecule has 0 spiro atoms. The second-order valence-electron chi connectivity index (χ2n) is 6.51. The van der Waals surface area contributed by atoms with Crippen molar-refractivity contribution in [2.75, 3.05) is 29.4 Å². The molecular formula is C18H25N3O2. The highest BCUT2D eigenvalue weighted by atomic mass is 16.2. The molecule has 0 radical (unpaired) electrons. The van der Waals surface area contributed by atoms with Crippen LogP contribution in [0.4, 0.5) is 11.4 Å². The summed E-state index contributed by atoms with van der Waals surface area (Å²) in [6.45, 7) is 3.79. The summed E-state index contributed by atoms with van der Waals surface area (Å²) in [7, 11) is 0. The van der Waals surface area contributed by atoms with Crippen LogP contribution >= 0.6 is 0 Å². The van der Waals surface area contributed by atoms with Crippen LogP contribution in [0.5, 0.6) is 0 Å². The van der Waals surface area contributed by atoms with Crippen LogP contribution in [0, 0.1) is 0 Å². The second-order valence-corrected chi connectivity index (χ2v) is 6.51. The van der Waals surface area contributed by atoms with Crippen molar-refractivity contribution in [1.29, 1.82) is 0 Å². The van der Waals surface area contributed by atoms with Gasteiger partial charge in [-0.05, 0) is 56.4 Å². The van der Waals surface area contributed by atoms with Crippen LogP contribution < -0.4 is 15.1 Å². The fourth-order valence-corrected chi connectivity index (χ4v) is 3.02. The monoisotopic (exact) mass is 315 g/mol. The molecule has 1 aromatic carbocycles. The molecule has 2 amide bonds. The maximum atomic E-state index is 12.0. The first-order chi connectivity index (χ1) is 11.1. The highest BCUT2D eigenvalue weighted by Crippen LogP contribution is 2.24. The van der Waals surface area contributed by atoms with Crippen molar-refractivity contribution in [3.63, 3.8) is 0 Å². The lowest BCUT2D eigenvalue weighted by molar-refractivity contribution is -0.123. The summed E-state index contributed by atoms with van der Waals surface area (Å²) in [5.74, 6) is -0.190. The number of carbonyl (C=O) groups excluding carboxylic acids is 2. The number of carbonyl (C=O) groups is 2. The van der Waals surface area contributed by atoms with Gasteiger partial charge in [0.05, 0.1) is 0 Å². The van der Waals surface area contributed by atoms with Crippen molar-refractivity contribution in [2.45, 2.75) is 45.1 Å². The third kappa shape index (κ3) is 4.24. The van der Waals surface area contributed by atoms with E-state index in [4.69, 9.17) is 0 Å². The summed E-state index contributed by atoms with van der Waals surface area (Å²) in [5, 5.41) is 2.93. The molecule has 1 aliphatic carbocycles. The van der Waals surface area contributed by atoms with E-state index in [9.17, 15) is 9.59 Å². The van der Waals surface area contributed by atoms with Crippen LogP contribution in [0.3, 0.4) is 0 Å². The molecule has 0 aromatic heterocycles. The lowest BCUT2D eigenvalue weighted by Gasteiger charge is -2.29. The predicted octanol–water partition coefficient (Wildman–Crippen LogP) is 2.31. The highest BCUT2D eigenvalue weighted by molar-refractivity contribution is 5.97. The van der Waals surface area contributed by atoms with Gasteiger partial charge < -0.3 is 15.1 Å². The molecule has 1 aromatic rings. The molecule has 124 valence electrons. The van der Waals surface area contributed by atoms with Crippen LogP contribution in [0.2, 0.25) is 0 Å². The first-order valence-electron chi connectivity index (χ1n) is 8.56. The van der Waals surface area contributed by atoms with Gasteiger partial charge in [-0.2, -0.15) is 0 Å². The molecule has 1 N–H and O–H groups in total. The minimum absolute atomic E-state index is 0.0807. The number of nitrogens with one attached hydrogen (secondary N) is 1. The van der Waals surface area contributed by atoms with Crippen LogP contribution in [0.15, 0.2) is 24.3 Å².